The van der Waals surface area contributed by atoms with Gasteiger partial charge in [-0.1, -0.05) is 22.0 Å². The van der Waals surface area contributed by atoms with E-state index in [1.165, 1.54) is 6.07 Å². The van der Waals surface area contributed by atoms with Crippen LogP contribution >= 0.6 is 15.9 Å². The molecule has 0 aliphatic heterocycles. The van der Waals surface area contributed by atoms with E-state index in [0.29, 0.717) is 27.0 Å². The van der Waals surface area contributed by atoms with Gasteiger partial charge in [-0.3, -0.25) is 4.79 Å². The lowest BCUT2D eigenvalue weighted by Gasteiger charge is -2.11. The van der Waals surface area contributed by atoms with Crippen LogP contribution in [0.4, 0.5) is 11.4 Å². The number of hydrogen-bond donors (Lipinski definition) is 3. The summed E-state index contributed by atoms with van der Waals surface area (Å²) in [5.74, 6) is -1.39. The highest BCUT2D eigenvalue weighted by molar-refractivity contribution is 9.10. The molecule has 0 bridgehead atoms. The molecule has 0 saturated carbocycles. The average molecular weight is 349 g/mol. The lowest BCUT2D eigenvalue weighted by atomic mass is 10.1. The smallest absolute Gasteiger partial charge is 0.336 e. The highest BCUT2D eigenvalue weighted by atomic mass is 79.9. The highest BCUT2D eigenvalue weighted by Gasteiger charge is 2.13. The van der Waals surface area contributed by atoms with Crippen molar-refractivity contribution in [2.24, 2.45) is 0 Å². The van der Waals surface area contributed by atoms with E-state index in [1.807, 2.05) is 0 Å². The fraction of sp³-hybridized carbons (Fsp3) is 0.0667. The van der Waals surface area contributed by atoms with E-state index in [2.05, 4.69) is 21.2 Å². The third-order valence-corrected chi connectivity index (χ3v) is 3.45. The summed E-state index contributed by atoms with van der Waals surface area (Å²) in [7, 11) is 0. The third-order valence-electron chi connectivity index (χ3n) is 2.99. The number of carbonyl (C=O) groups excluding carboxylic acids is 1. The van der Waals surface area contributed by atoms with Crippen molar-refractivity contribution in [2.75, 3.05) is 11.1 Å². The predicted octanol–water partition coefficient (Wildman–Crippen LogP) is 3.29. The molecule has 108 valence electrons. The Hall–Kier alpha value is -2.34. The molecule has 5 nitrogen and oxygen atoms in total. The number of nitrogens with one attached hydrogen (secondary N) is 1. The Balaban J connectivity index is 2.32. The van der Waals surface area contributed by atoms with Gasteiger partial charge < -0.3 is 16.2 Å². The van der Waals surface area contributed by atoms with Crippen LogP contribution in [0.5, 0.6) is 0 Å². The third kappa shape index (κ3) is 3.41. The summed E-state index contributed by atoms with van der Waals surface area (Å²) in [5, 5.41) is 11.8. The van der Waals surface area contributed by atoms with Crippen molar-refractivity contribution < 1.29 is 14.7 Å². The first-order chi connectivity index (χ1) is 9.88. The first-order valence-corrected chi connectivity index (χ1v) is 6.88. The lowest BCUT2D eigenvalue weighted by molar-refractivity contribution is 0.0695. The van der Waals surface area contributed by atoms with Crippen LogP contribution in [0.3, 0.4) is 0 Å². The van der Waals surface area contributed by atoms with Gasteiger partial charge >= 0.3 is 5.97 Å². The van der Waals surface area contributed by atoms with Gasteiger partial charge in [-0.05, 0) is 42.8 Å². The Morgan fingerprint density at radius 1 is 1.24 bits per heavy atom. The van der Waals surface area contributed by atoms with Gasteiger partial charge in [-0.15, -0.1) is 0 Å². The van der Waals surface area contributed by atoms with Crippen LogP contribution in [0.15, 0.2) is 40.9 Å². The number of aromatic carboxylic acids is 1. The van der Waals surface area contributed by atoms with E-state index in [4.69, 9.17) is 10.8 Å². The second kappa shape index (κ2) is 5.97. The number of nitrogens with two attached hydrogens (primary N) is 1. The van der Waals surface area contributed by atoms with E-state index in [0.717, 1.165) is 0 Å². The number of rotatable bonds is 3. The maximum absolute atomic E-state index is 12.2. The molecule has 0 aliphatic rings. The van der Waals surface area contributed by atoms with Gasteiger partial charge in [0.2, 0.25) is 0 Å². The molecule has 0 heterocycles. The molecule has 0 radical (unpaired) electrons. The second-order valence-corrected chi connectivity index (χ2v) is 5.43. The molecule has 0 aromatic heterocycles. The zero-order chi connectivity index (χ0) is 15.6. The number of amides is 1. The van der Waals surface area contributed by atoms with Gasteiger partial charge in [0, 0.05) is 21.4 Å². The molecule has 0 fully saturated rings. The zero-order valence-corrected chi connectivity index (χ0v) is 12.8. The molecule has 2 rings (SSSR count). The summed E-state index contributed by atoms with van der Waals surface area (Å²) in [6, 6.07) is 9.61. The van der Waals surface area contributed by atoms with E-state index in [9.17, 15) is 9.59 Å². The molecule has 0 aliphatic carbocycles. The van der Waals surface area contributed by atoms with Crippen LogP contribution in [0.1, 0.15) is 26.3 Å². The van der Waals surface area contributed by atoms with Crippen LogP contribution in [0, 0.1) is 6.92 Å². The Morgan fingerprint density at radius 2 is 1.95 bits per heavy atom. The molecule has 0 unspecified atom stereocenters. The van der Waals surface area contributed by atoms with Crippen molar-refractivity contribution in [2.45, 2.75) is 6.92 Å². The number of nitrogen functional groups attached to an aromatic ring is 1. The maximum atomic E-state index is 12.2. The molecule has 0 saturated heterocycles. The van der Waals surface area contributed by atoms with Crippen molar-refractivity contribution in [1.82, 2.24) is 0 Å². The van der Waals surface area contributed by atoms with Gasteiger partial charge in [0.05, 0.1) is 5.56 Å². The van der Waals surface area contributed by atoms with Gasteiger partial charge in [-0.25, -0.2) is 4.79 Å². The van der Waals surface area contributed by atoms with Crippen molar-refractivity contribution in [1.29, 1.82) is 0 Å². The van der Waals surface area contributed by atoms with Gasteiger partial charge in [0.1, 0.15) is 0 Å². The van der Waals surface area contributed by atoms with Crippen molar-refractivity contribution >= 4 is 39.2 Å². The number of halogens is 1. The predicted molar refractivity (Wildman–Crippen MR) is 84.6 cm³/mol. The minimum Gasteiger partial charge on any atom is -0.478 e. The average Bonchev–Trinajstić information content (AvgIpc) is 2.39. The van der Waals surface area contributed by atoms with Crippen LogP contribution in [-0.2, 0) is 0 Å². The summed E-state index contributed by atoms with van der Waals surface area (Å²) in [6.07, 6.45) is 0. The van der Waals surface area contributed by atoms with Crippen LogP contribution in [0.25, 0.3) is 0 Å². The summed E-state index contributed by atoms with van der Waals surface area (Å²) in [6.45, 7) is 1.65. The number of carboxylic acid groups (broad SMARTS) is 1. The minimum absolute atomic E-state index is 0.154. The van der Waals surface area contributed by atoms with E-state index >= 15 is 0 Å². The summed E-state index contributed by atoms with van der Waals surface area (Å²) < 4.78 is 0.698. The SMILES string of the molecule is Cc1c(NC(=O)c2cc(N)cc(Br)c2)cccc1C(=O)O. The Morgan fingerprint density at radius 3 is 2.57 bits per heavy atom. The maximum Gasteiger partial charge on any atom is 0.336 e. The lowest BCUT2D eigenvalue weighted by Crippen LogP contribution is -2.14. The molecule has 4 N–H and O–H groups in total. The number of hydrogen-bond acceptors (Lipinski definition) is 3. The fourth-order valence-electron chi connectivity index (χ4n) is 1.94. The number of carbonyl (C=O) groups is 2. The second-order valence-electron chi connectivity index (χ2n) is 4.51. The topological polar surface area (TPSA) is 92.4 Å². The highest BCUT2D eigenvalue weighted by Crippen LogP contribution is 2.22. The van der Waals surface area contributed by atoms with E-state index < -0.39 is 5.97 Å². The standard InChI is InChI=1S/C15H13BrN2O3/c1-8-12(15(20)21)3-2-4-13(8)18-14(19)9-5-10(16)7-11(17)6-9/h2-7H,17H2,1H3,(H,18,19)(H,20,21). The van der Waals surface area contributed by atoms with Crippen molar-refractivity contribution in [3.8, 4) is 0 Å². The largest absolute Gasteiger partial charge is 0.478 e. The van der Waals surface area contributed by atoms with E-state index in [1.54, 1.807) is 37.3 Å². The molecule has 1 amide bonds. The number of benzene rings is 2. The summed E-state index contributed by atoms with van der Waals surface area (Å²) >= 11 is 3.27. The Labute approximate surface area is 129 Å². The van der Waals surface area contributed by atoms with Gasteiger partial charge in [0.15, 0.2) is 0 Å². The molecule has 21 heavy (non-hydrogen) atoms. The summed E-state index contributed by atoms with van der Waals surface area (Å²) in [4.78, 5) is 23.3. The fourth-order valence-corrected chi connectivity index (χ4v) is 2.45. The Kier molecular flexibility index (Phi) is 4.28. The number of carboxylic acids is 1. The first-order valence-electron chi connectivity index (χ1n) is 6.09. The quantitative estimate of drug-likeness (QED) is 0.742. The Bertz CT molecular complexity index is 709. The molecular formula is C15H13BrN2O3. The van der Waals surface area contributed by atoms with Crippen molar-refractivity contribution in [3.05, 3.63) is 57.6 Å². The monoisotopic (exact) mass is 348 g/mol. The van der Waals surface area contributed by atoms with Gasteiger partial charge in [0.25, 0.3) is 5.91 Å². The van der Waals surface area contributed by atoms with Crippen LogP contribution in [0.2, 0.25) is 0 Å². The van der Waals surface area contributed by atoms with Crippen LogP contribution < -0.4 is 11.1 Å². The van der Waals surface area contributed by atoms with Crippen LogP contribution in [-0.4, -0.2) is 17.0 Å². The normalized spacial score (nSPS) is 10.2. The molecular weight excluding hydrogens is 336 g/mol. The zero-order valence-electron chi connectivity index (χ0n) is 11.2. The molecule has 6 heteroatoms. The molecule has 2 aromatic rings. The number of anilines is 2. The molecule has 0 atom stereocenters. The van der Waals surface area contributed by atoms with Gasteiger partial charge in [-0.2, -0.15) is 0 Å². The minimum atomic E-state index is -1.03. The summed E-state index contributed by atoms with van der Waals surface area (Å²) in [5.41, 5.74) is 7.66. The van der Waals surface area contributed by atoms with E-state index in [-0.39, 0.29) is 11.5 Å². The molecule has 0 spiro atoms. The van der Waals surface area contributed by atoms with Crippen molar-refractivity contribution in [3.63, 3.8) is 0 Å². The first kappa shape index (κ1) is 15.1. The molecule has 2 aromatic carbocycles.